The van der Waals surface area contributed by atoms with Crippen LogP contribution in [0, 0.1) is 10.1 Å². The first-order chi connectivity index (χ1) is 12.1. The van der Waals surface area contributed by atoms with Gasteiger partial charge in [-0.3, -0.25) is 14.9 Å². The predicted molar refractivity (Wildman–Crippen MR) is 87.3 cm³/mol. The van der Waals surface area contributed by atoms with Gasteiger partial charge in [-0.1, -0.05) is 12.1 Å². The van der Waals surface area contributed by atoms with Gasteiger partial charge in [0.2, 0.25) is 6.79 Å². The van der Waals surface area contributed by atoms with Gasteiger partial charge < -0.3 is 14.2 Å². The summed E-state index contributed by atoms with van der Waals surface area (Å²) in [5.41, 5.74) is 2.57. The van der Waals surface area contributed by atoms with Crippen molar-refractivity contribution in [1.82, 2.24) is 5.43 Å². The molecule has 2 aromatic rings. The molecule has 0 bridgehead atoms. The van der Waals surface area contributed by atoms with E-state index >= 15 is 0 Å². The number of para-hydroxylation sites is 1. The summed E-state index contributed by atoms with van der Waals surface area (Å²) in [5.74, 6) is 0.561. The number of hydrogen-bond acceptors (Lipinski definition) is 7. The molecule has 0 atom stereocenters. The van der Waals surface area contributed by atoms with Crippen LogP contribution in [0.1, 0.15) is 15.9 Å². The van der Waals surface area contributed by atoms with Crippen molar-refractivity contribution in [3.63, 3.8) is 0 Å². The van der Waals surface area contributed by atoms with Gasteiger partial charge in [-0.2, -0.15) is 5.10 Å². The van der Waals surface area contributed by atoms with Gasteiger partial charge in [0, 0.05) is 0 Å². The number of methoxy groups -OCH3 is 1. The van der Waals surface area contributed by atoms with Crippen molar-refractivity contribution in [2.45, 2.75) is 0 Å². The number of nitrogens with one attached hydrogen (secondary N) is 1. The van der Waals surface area contributed by atoms with E-state index in [4.69, 9.17) is 14.2 Å². The van der Waals surface area contributed by atoms with Crippen molar-refractivity contribution < 1.29 is 23.9 Å². The Labute approximate surface area is 142 Å². The second-order valence-corrected chi connectivity index (χ2v) is 4.92. The van der Waals surface area contributed by atoms with Gasteiger partial charge in [0.15, 0.2) is 11.5 Å². The molecule has 2 aromatic carbocycles. The van der Waals surface area contributed by atoms with Crippen LogP contribution in [-0.4, -0.2) is 30.9 Å². The topological polar surface area (TPSA) is 112 Å². The number of nitro benzene ring substituents is 1. The van der Waals surface area contributed by atoms with Crippen LogP contribution in [0.3, 0.4) is 0 Å². The lowest BCUT2D eigenvalue weighted by Crippen LogP contribution is -2.18. The average molecular weight is 343 g/mol. The number of hydrogen-bond donors (Lipinski definition) is 1. The predicted octanol–water partition coefficient (Wildman–Crippen LogP) is 2.10. The Bertz CT molecular complexity index is 865. The van der Waals surface area contributed by atoms with Crippen molar-refractivity contribution in [1.29, 1.82) is 0 Å². The zero-order valence-electron chi connectivity index (χ0n) is 13.1. The third kappa shape index (κ3) is 3.34. The average Bonchev–Trinajstić information content (AvgIpc) is 3.08. The number of carbonyl (C=O) groups excluding carboxylic acids is 1. The van der Waals surface area contributed by atoms with Crippen LogP contribution in [-0.2, 0) is 0 Å². The molecule has 1 heterocycles. The molecule has 9 nitrogen and oxygen atoms in total. The Balaban J connectivity index is 1.80. The van der Waals surface area contributed by atoms with Gasteiger partial charge in [-0.15, -0.1) is 0 Å². The number of nitro groups is 1. The largest absolute Gasteiger partial charge is 0.496 e. The van der Waals surface area contributed by atoms with Crippen LogP contribution in [0.15, 0.2) is 41.5 Å². The number of amides is 1. The maximum absolute atomic E-state index is 12.1. The number of hydrazone groups is 1. The lowest BCUT2D eigenvalue weighted by Gasteiger charge is -2.06. The highest BCUT2D eigenvalue weighted by atomic mass is 16.7. The summed E-state index contributed by atoms with van der Waals surface area (Å²) in [6.07, 6.45) is 1.17. The van der Waals surface area contributed by atoms with Gasteiger partial charge in [-0.25, -0.2) is 5.43 Å². The molecule has 128 valence electrons. The Morgan fingerprint density at radius 2 is 2.04 bits per heavy atom. The lowest BCUT2D eigenvalue weighted by atomic mass is 10.1. The molecule has 0 spiro atoms. The summed E-state index contributed by atoms with van der Waals surface area (Å²) in [4.78, 5) is 22.7. The number of nitrogens with zero attached hydrogens (tertiary/aromatic N) is 2. The third-order valence-electron chi connectivity index (χ3n) is 3.44. The minimum Gasteiger partial charge on any atom is -0.496 e. The van der Waals surface area contributed by atoms with Gasteiger partial charge in [0.1, 0.15) is 5.75 Å². The lowest BCUT2D eigenvalue weighted by molar-refractivity contribution is -0.385. The second kappa shape index (κ2) is 6.87. The van der Waals surface area contributed by atoms with Crippen LogP contribution in [0.4, 0.5) is 5.69 Å². The van der Waals surface area contributed by atoms with Crippen molar-refractivity contribution in [2.75, 3.05) is 13.9 Å². The fraction of sp³-hybridized carbons (Fsp3) is 0.125. The van der Waals surface area contributed by atoms with Crippen LogP contribution in [0.25, 0.3) is 0 Å². The molecular weight excluding hydrogens is 330 g/mol. The maximum atomic E-state index is 12.1. The SMILES string of the molecule is COc1ccccc1C(=O)N/N=C\c1cc2c(cc1[N+](=O)[O-])OCO2. The van der Waals surface area contributed by atoms with E-state index in [-0.39, 0.29) is 18.0 Å². The minimum atomic E-state index is -0.564. The molecular formula is C16H13N3O6. The number of benzene rings is 2. The van der Waals surface area contributed by atoms with E-state index in [0.717, 1.165) is 0 Å². The molecule has 1 amide bonds. The number of rotatable bonds is 5. The summed E-state index contributed by atoms with van der Waals surface area (Å²) >= 11 is 0. The molecule has 0 fully saturated rings. The van der Waals surface area contributed by atoms with E-state index in [1.807, 2.05) is 0 Å². The first-order valence-corrected chi connectivity index (χ1v) is 7.14. The molecule has 0 radical (unpaired) electrons. The van der Waals surface area contributed by atoms with E-state index in [0.29, 0.717) is 22.8 Å². The van der Waals surface area contributed by atoms with Crippen molar-refractivity contribution >= 4 is 17.8 Å². The fourth-order valence-corrected chi connectivity index (χ4v) is 2.26. The highest BCUT2D eigenvalue weighted by Crippen LogP contribution is 2.37. The van der Waals surface area contributed by atoms with E-state index < -0.39 is 10.8 Å². The number of fused-ring (bicyclic) bond motifs is 1. The number of carbonyl (C=O) groups is 1. The van der Waals surface area contributed by atoms with Gasteiger partial charge in [0.25, 0.3) is 11.6 Å². The summed E-state index contributed by atoms with van der Waals surface area (Å²) in [5, 5.41) is 14.9. The quantitative estimate of drug-likeness (QED) is 0.505. The van der Waals surface area contributed by atoms with Crippen molar-refractivity contribution in [2.24, 2.45) is 5.10 Å². The molecule has 25 heavy (non-hydrogen) atoms. The second-order valence-electron chi connectivity index (χ2n) is 4.92. The highest BCUT2D eigenvalue weighted by Gasteiger charge is 2.22. The smallest absolute Gasteiger partial charge is 0.282 e. The molecule has 3 rings (SSSR count). The van der Waals surface area contributed by atoms with Crippen molar-refractivity contribution in [3.8, 4) is 17.2 Å². The molecule has 9 heteroatoms. The molecule has 1 N–H and O–H groups in total. The molecule has 0 unspecified atom stereocenters. The Morgan fingerprint density at radius 3 is 2.76 bits per heavy atom. The van der Waals surface area contributed by atoms with Crippen LogP contribution >= 0.6 is 0 Å². The van der Waals surface area contributed by atoms with Gasteiger partial charge >= 0.3 is 0 Å². The zero-order chi connectivity index (χ0) is 17.8. The monoisotopic (exact) mass is 343 g/mol. The zero-order valence-corrected chi connectivity index (χ0v) is 13.1. The van der Waals surface area contributed by atoms with Crippen molar-refractivity contribution in [3.05, 3.63) is 57.6 Å². The molecule has 0 saturated heterocycles. The minimum absolute atomic E-state index is 0.00236. The first-order valence-electron chi connectivity index (χ1n) is 7.14. The molecule has 0 aliphatic carbocycles. The van der Waals surface area contributed by atoms with Gasteiger partial charge in [0.05, 0.1) is 35.4 Å². The first kappa shape index (κ1) is 16.2. The summed E-state index contributed by atoms with van der Waals surface area (Å²) in [6, 6.07) is 9.32. The number of ether oxygens (including phenoxy) is 3. The Morgan fingerprint density at radius 1 is 1.32 bits per heavy atom. The fourth-order valence-electron chi connectivity index (χ4n) is 2.26. The van der Waals surface area contributed by atoms with E-state index in [9.17, 15) is 14.9 Å². The summed E-state index contributed by atoms with van der Waals surface area (Å²) in [6.45, 7) is -0.00236. The third-order valence-corrected chi connectivity index (χ3v) is 3.44. The highest BCUT2D eigenvalue weighted by molar-refractivity contribution is 5.97. The standard InChI is InChI=1S/C16H13N3O6/c1-23-13-5-3-2-4-11(13)16(20)18-17-8-10-6-14-15(25-9-24-14)7-12(10)19(21)22/h2-8H,9H2,1H3,(H,18,20)/b17-8-. The molecule has 0 aromatic heterocycles. The molecule has 1 aliphatic rings. The summed E-state index contributed by atoms with van der Waals surface area (Å²) in [7, 11) is 1.45. The Hall–Kier alpha value is -3.62. The van der Waals surface area contributed by atoms with E-state index in [1.54, 1.807) is 24.3 Å². The molecule has 0 saturated carbocycles. The summed E-state index contributed by atoms with van der Waals surface area (Å²) < 4.78 is 15.4. The van der Waals surface area contributed by atoms with Crippen LogP contribution in [0.5, 0.6) is 17.2 Å². The normalized spacial score (nSPS) is 12.2. The van der Waals surface area contributed by atoms with E-state index in [2.05, 4.69) is 10.5 Å². The van der Waals surface area contributed by atoms with Gasteiger partial charge in [-0.05, 0) is 18.2 Å². The molecule has 1 aliphatic heterocycles. The van der Waals surface area contributed by atoms with Crippen LogP contribution in [0.2, 0.25) is 0 Å². The van der Waals surface area contributed by atoms with Crippen LogP contribution < -0.4 is 19.6 Å². The maximum Gasteiger partial charge on any atom is 0.282 e. The van der Waals surface area contributed by atoms with E-state index in [1.165, 1.54) is 25.5 Å². The Kier molecular flexibility index (Phi) is 4.46.